The summed E-state index contributed by atoms with van der Waals surface area (Å²) in [5, 5.41) is 1.53. The Hall–Kier alpha value is -2.84. The van der Waals surface area contributed by atoms with Crippen molar-refractivity contribution in [2.75, 3.05) is 25.2 Å². The van der Waals surface area contributed by atoms with E-state index in [9.17, 15) is 9.36 Å². The summed E-state index contributed by atoms with van der Waals surface area (Å²) in [6.45, 7) is 1.90. The minimum Gasteiger partial charge on any atom is -0.497 e. The number of anilines is 1. The van der Waals surface area contributed by atoms with Gasteiger partial charge in [0.1, 0.15) is 12.9 Å². The molecular weight excluding hydrogens is 381 g/mol. The molecule has 0 N–H and O–H groups in total. The summed E-state index contributed by atoms with van der Waals surface area (Å²) in [5.74, 6) is 0.639. The van der Waals surface area contributed by atoms with E-state index in [4.69, 9.17) is 4.74 Å². The maximum Gasteiger partial charge on any atom is 0.237 e. The zero-order valence-corrected chi connectivity index (χ0v) is 17.7. The highest BCUT2D eigenvalue weighted by Crippen LogP contribution is 2.53. The molecule has 3 aromatic carbocycles. The first-order valence-corrected chi connectivity index (χ1v) is 11.5. The molecule has 5 heteroatoms. The van der Waals surface area contributed by atoms with Gasteiger partial charge in [0.15, 0.2) is 0 Å². The van der Waals surface area contributed by atoms with Crippen LogP contribution < -0.4 is 20.2 Å². The Morgan fingerprint density at radius 2 is 1.48 bits per heavy atom. The van der Waals surface area contributed by atoms with Gasteiger partial charge in [-0.3, -0.25) is 4.79 Å². The van der Waals surface area contributed by atoms with Crippen molar-refractivity contribution in [3.63, 3.8) is 0 Å². The first-order chi connectivity index (χ1) is 13.9. The molecule has 3 aromatic rings. The van der Waals surface area contributed by atoms with Gasteiger partial charge in [-0.25, -0.2) is 0 Å². The van der Waals surface area contributed by atoms with Crippen LogP contribution in [-0.4, -0.2) is 26.2 Å². The fraction of sp³-hybridized carbons (Fsp3) is 0.208. The van der Waals surface area contributed by atoms with Gasteiger partial charge < -0.3 is 14.2 Å². The minimum atomic E-state index is -3.07. The standard InChI is InChI=1S/C24H24NO3P/c1-24(21-16-18(28-3)14-15-22(21)25(2)23(24)26)17-29(27,19-10-6-4-7-11-19)20-12-8-5-9-13-20/h4-16H,17H2,1-3H3/t24-/m1/s1. The zero-order valence-electron chi connectivity index (χ0n) is 16.8. The Labute approximate surface area is 171 Å². The van der Waals surface area contributed by atoms with Crippen LogP contribution in [0.2, 0.25) is 0 Å². The average molecular weight is 405 g/mol. The van der Waals surface area contributed by atoms with Gasteiger partial charge in [-0.05, 0) is 30.7 Å². The zero-order chi connectivity index (χ0) is 20.6. The molecule has 0 saturated carbocycles. The summed E-state index contributed by atoms with van der Waals surface area (Å²) in [7, 11) is 0.312. The van der Waals surface area contributed by atoms with Crippen molar-refractivity contribution in [1.82, 2.24) is 0 Å². The molecule has 0 aliphatic carbocycles. The molecule has 1 atom stereocenters. The van der Waals surface area contributed by atoms with Crippen LogP contribution in [0.25, 0.3) is 0 Å². The highest BCUT2D eigenvalue weighted by Gasteiger charge is 2.50. The monoisotopic (exact) mass is 405 g/mol. The van der Waals surface area contributed by atoms with Gasteiger partial charge in [-0.15, -0.1) is 0 Å². The van der Waals surface area contributed by atoms with Crippen molar-refractivity contribution in [3.05, 3.63) is 84.4 Å². The van der Waals surface area contributed by atoms with Gasteiger partial charge in [-0.1, -0.05) is 60.7 Å². The maximum absolute atomic E-state index is 14.6. The van der Waals surface area contributed by atoms with Crippen molar-refractivity contribution in [3.8, 4) is 5.75 Å². The molecule has 1 aliphatic heterocycles. The molecule has 0 bridgehead atoms. The van der Waals surface area contributed by atoms with Gasteiger partial charge in [0.25, 0.3) is 0 Å². The molecule has 0 radical (unpaired) electrons. The fourth-order valence-electron chi connectivity index (χ4n) is 4.24. The Kier molecular flexibility index (Phi) is 4.84. The number of amides is 1. The van der Waals surface area contributed by atoms with E-state index in [0.29, 0.717) is 5.75 Å². The minimum absolute atomic E-state index is 0.0483. The first kappa shape index (κ1) is 19.5. The van der Waals surface area contributed by atoms with Crippen molar-refractivity contribution in [2.24, 2.45) is 0 Å². The van der Waals surface area contributed by atoms with Crippen molar-refractivity contribution in [1.29, 1.82) is 0 Å². The second-order valence-corrected chi connectivity index (χ2v) is 10.5. The van der Waals surface area contributed by atoms with Crippen LogP contribution in [0.3, 0.4) is 0 Å². The Morgan fingerprint density at radius 3 is 2.00 bits per heavy atom. The van der Waals surface area contributed by atoms with Gasteiger partial charge in [-0.2, -0.15) is 0 Å². The van der Waals surface area contributed by atoms with E-state index < -0.39 is 12.6 Å². The molecule has 1 amide bonds. The Balaban J connectivity index is 1.90. The number of ether oxygens (including phenoxy) is 1. The normalized spacial score (nSPS) is 18.6. The number of likely N-dealkylation sites (N-methyl/N-ethyl adjacent to an activating group) is 1. The maximum atomic E-state index is 14.6. The lowest BCUT2D eigenvalue weighted by Gasteiger charge is -2.30. The SMILES string of the molecule is COc1ccc2c(c1)[C@@](C)(CP(=O)(c1ccccc1)c1ccccc1)C(=O)N2C. The van der Waals surface area contributed by atoms with Crippen LogP contribution in [-0.2, 0) is 14.8 Å². The molecule has 4 rings (SSSR count). The van der Waals surface area contributed by atoms with Crippen LogP contribution in [0, 0.1) is 0 Å². The molecule has 0 fully saturated rings. The first-order valence-electron chi connectivity index (χ1n) is 9.57. The van der Waals surface area contributed by atoms with Crippen LogP contribution >= 0.6 is 7.14 Å². The van der Waals surface area contributed by atoms with Crippen molar-refractivity contribution >= 4 is 29.3 Å². The number of hydrogen-bond donors (Lipinski definition) is 0. The van der Waals surface area contributed by atoms with Gasteiger partial charge in [0.05, 0.1) is 12.5 Å². The fourth-order valence-corrected chi connectivity index (χ4v) is 7.41. The summed E-state index contributed by atoms with van der Waals surface area (Å²) in [6, 6.07) is 24.6. The lowest BCUT2D eigenvalue weighted by Crippen LogP contribution is -2.41. The van der Waals surface area contributed by atoms with E-state index in [1.165, 1.54) is 0 Å². The van der Waals surface area contributed by atoms with Crippen LogP contribution in [0.15, 0.2) is 78.9 Å². The Bertz CT molecular complexity index is 1050. The molecule has 1 heterocycles. The predicted molar refractivity (Wildman–Crippen MR) is 118 cm³/mol. The molecule has 0 aromatic heterocycles. The van der Waals surface area contributed by atoms with Crippen LogP contribution in [0.4, 0.5) is 5.69 Å². The number of carbonyl (C=O) groups is 1. The number of hydrogen-bond acceptors (Lipinski definition) is 3. The highest BCUT2D eigenvalue weighted by atomic mass is 31.2. The number of rotatable bonds is 5. The largest absolute Gasteiger partial charge is 0.497 e. The summed E-state index contributed by atoms with van der Waals surface area (Å²) < 4.78 is 20.0. The van der Waals surface area contributed by atoms with E-state index >= 15 is 0 Å². The van der Waals surface area contributed by atoms with Gasteiger partial charge in [0.2, 0.25) is 5.91 Å². The van der Waals surface area contributed by atoms with Crippen molar-refractivity contribution < 1.29 is 14.1 Å². The summed E-state index contributed by atoms with van der Waals surface area (Å²) in [4.78, 5) is 15.0. The number of fused-ring (bicyclic) bond motifs is 1. The molecule has 0 unspecified atom stereocenters. The van der Waals surface area contributed by atoms with E-state index in [1.807, 2.05) is 85.8 Å². The third-order valence-corrected chi connectivity index (χ3v) is 9.16. The van der Waals surface area contributed by atoms with E-state index in [0.717, 1.165) is 21.9 Å². The van der Waals surface area contributed by atoms with Gasteiger partial charge >= 0.3 is 0 Å². The topological polar surface area (TPSA) is 46.6 Å². The van der Waals surface area contributed by atoms with E-state index in [1.54, 1.807) is 19.1 Å². The van der Waals surface area contributed by atoms with Crippen LogP contribution in [0.1, 0.15) is 12.5 Å². The lowest BCUT2D eigenvalue weighted by molar-refractivity contribution is -0.121. The molecule has 1 aliphatic rings. The smallest absolute Gasteiger partial charge is 0.237 e. The molecule has 29 heavy (non-hydrogen) atoms. The van der Waals surface area contributed by atoms with E-state index in [2.05, 4.69) is 0 Å². The van der Waals surface area contributed by atoms with E-state index in [-0.39, 0.29) is 12.1 Å². The average Bonchev–Trinajstić information content (AvgIpc) is 2.95. The van der Waals surface area contributed by atoms with Crippen LogP contribution in [0.5, 0.6) is 5.75 Å². The Morgan fingerprint density at radius 1 is 0.931 bits per heavy atom. The molecule has 0 saturated heterocycles. The summed E-state index contributed by atoms with van der Waals surface area (Å²) >= 11 is 0. The van der Waals surface area contributed by atoms with Crippen molar-refractivity contribution in [2.45, 2.75) is 12.3 Å². The summed E-state index contributed by atoms with van der Waals surface area (Å²) in [5.41, 5.74) is 0.780. The third kappa shape index (κ3) is 3.08. The second kappa shape index (κ2) is 7.20. The number of benzene rings is 3. The number of carbonyl (C=O) groups excluding carboxylic acids is 1. The van der Waals surface area contributed by atoms with Gasteiger partial charge in [0, 0.05) is 29.5 Å². The predicted octanol–water partition coefficient (Wildman–Crippen LogP) is 3.94. The molecule has 4 nitrogen and oxygen atoms in total. The number of methoxy groups -OCH3 is 1. The molecular formula is C24H24NO3P. The molecule has 148 valence electrons. The second-order valence-electron chi connectivity index (χ2n) is 7.65. The quantitative estimate of drug-likeness (QED) is 0.604. The third-order valence-electron chi connectivity index (χ3n) is 5.82. The summed E-state index contributed by atoms with van der Waals surface area (Å²) in [6.07, 6.45) is 0.220. The lowest BCUT2D eigenvalue weighted by atomic mass is 9.86. The number of nitrogens with zero attached hydrogens (tertiary/aromatic N) is 1. The highest BCUT2D eigenvalue weighted by molar-refractivity contribution is 7.78. The molecule has 0 spiro atoms.